The molecule has 0 saturated carbocycles. The fourth-order valence-electron chi connectivity index (χ4n) is 3.17. The smallest absolute Gasteiger partial charge is 0.268 e. The molecule has 2 atom stereocenters. The first-order valence-corrected chi connectivity index (χ1v) is 8.71. The van der Waals surface area contributed by atoms with Crippen LogP contribution in [-0.4, -0.2) is 26.7 Å². The molecular formula is C16H19N5OS. The molecule has 0 amide bonds. The van der Waals surface area contributed by atoms with Crippen LogP contribution in [-0.2, 0) is 0 Å². The van der Waals surface area contributed by atoms with Gasteiger partial charge in [-0.15, -0.1) is 11.3 Å². The predicted molar refractivity (Wildman–Crippen MR) is 91.7 cm³/mol. The lowest BCUT2D eigenvalue weighted by atomic mass is 9.94. The number of hydrogen-bond acceptors (Lipinski definition) is 5. The SMILES string of the molecule is Cc1[nH]ncc1-c1cc2nc(C3CC(C)CCN3)[nH]c(=O)c2s1. The molecule has 120 valence electrons. The molecule has 7 heteroatoms. The third kappa shape index (κ3) is 2.60. The van der Waals surface area contributed by atoms with Crippen LogP contribution in [0.4, 0.5) is 0 Å². The highest BCUT2D eigenvalue weighted by Gasteiger charge is 2.23. The number of nitrogens with zero attached hydrogens (tertiary/aromatic N) is 2. The molecule has 1 aliphatic rings. The van der Waals surface area contributed by atoms with E-state index in [0.29, 0.717) is 10.6 Å². The first-order valence-electron chi connectivity index (χ1n) is 7.89. The number of aromatic nitrogens is 4. The Morgan fingerprint density at radius 2 is 2.26 bits per heavy atom. The van der Waals surface area contributed by atoms with E-state index in [1.165, 1.54) is 17.8 Å². The molecule has 3 aromatic heterocycles. The normalized spacial score (nSPS) is 21.8. The quantitative estimate of drug-likeness (QED) is 0.675. The lowest BCUT2D eigenvalue weighted by molar-refractivity contribution is 0.316. The standard InChI is InChI=1S/C16H19N5OS/c1-8-3-4-17-12(5-8)15-19-11-6-13(10-7-18-21-9(10)2)23-14(11)16(22)20-15/h6-8,12,17H,3-5H2,1-2H3,(H,18,21)(H,19,20,22). The molecule has 0 bridgehead atoms. The Morgan fingerprint density at radius 3 is 3.00 bits per heavy atom. The first kappa shape index (κ1) is 14.6. The second-order valence-corrected chi connectivity index (χ2v) is 7.37. The van der Waals surface area contributed by atoms with Gasteiger partial charge in [-0.05, 0) is 38.3 Å². The minimum absolute atomic E-state index is 0.0533. The molecule has 1 saturated heterocycles. The number of H-pyrrole nitrogens is 2. The van der Waals surface area contributed by atoms with Gasteiger partial charge >= 0.3 is 0 Å². The molecule has 3 aromatic rings. The number of piperidine rings is 1. The van der Waals surface area contributed by atoms with Crippen molar-refractivity contribution in [3.05, 3.63) is 34.1 Å². The van der Waals surface area contributed by atoms with E-state index in [2.05, 4.69) is 27.4 Å². The molecule has 6 nitrogen and oxygen atoms in total. The van der Waals surface area contributed by atoms with Crippen molar-refractivity contribution in [3.8, 4) is 10.4 Å². The highest BCUT2D eigenvalue weighted by atomic mass is 32.1. The second kappa shape index (κ2) is 5.58. The summed E-state index contributed by atoms with van der Waals surface area (Å²) in [7, 11) is 0. The van der Waals surface area contributed by atoms with Crippen molar-refractivity contribution in [1.82, 2.24) is 25.5 Å². The Bertz CT molecular complexity index is 909. The van der Waals surface area contributed by atoms with Crippen LogP contribution in [0.25, 0.3) is 20.7 Å². The van der Waals surface area contributed by atoms with Gasteiger partial charge in [0.05, 0.1) is 17.8 Å². The minimum Gasteiger partial charge on any atom is -0.308 e. The summed E-state index contributed by atoms with van der Waals surface area (Å²) in [5.41, 5.74) is 2.74. The van der Waals surface area contributed by atoms with Crippen molar-refractivity contribution >= 4 is 21.6 Å². The molecular weight excluding hydrogens is 310 g/mol. The lowest BCUT2D eigenvalue weighted by Gasteiger charge is -2.27. The number of aromatic amines is 2. The highest BCUT2D eigenvalue weighted by Crippen LogP contribution is 2.33. The average molecular weight is 329 g/mol. The van der Waals surface area contributed by atoms with Gasteiger partial charge in [0.15, 0.2) is 0 Å². The number of aryl methyl sites for hydroxylation is 1. The second-order valence-electron chi connectivity index (χ2n) is 6.32. The molecule has 0 spiro atoms. The maximum atomic E-state index is 12.5. The molecule has 23 heavy (non-hydrogen) atoms. The number of rotatable bonds is 2. The molecule has 4 rings (SSSR count). The zero-order valence-corrected chi connectivity index (χ0v) is 14.0. The molecule has 0 aliphatic carbocycles. The zero-order chi connectivity index (χ0) is 16.0. The molecule has 1 fully saturated rings. The summed E-state index contributed by atoms with van der Waals surface area (Å²) in [4.78, 5) is 21.2. The summed E-state index contributed by atoms with van der Waals surface area (Å²) in [5.74, 6) is 1.40. The number of nitrogens with one attached hydrogen (secondary N) is 3. The zero-order valence-electron chi connectivity index (χ0n) is 13.1. The minimum atomic E-state index is -0.0533. The van der Waals surface area contributed by atoms with E-state index < -0.39 is 0 Å². The van der Waals surface area contributed by atoms with Crippen molar-refractivity contribution in [3.63, 3.8) is 0 Å². The van der Waals surface area contributed by atoms with Crippen LogP contribution in [0.15, 0.2) is 17.1 Å². The van der Waals surface area contributed by atoms with E-state index in [-0.39, 0.29) is 11.6 Å². The van der Waals surface area contributed by atoms with Gasteiger partial charge in [-0.2, -0.15) is 5.10 Å². The van der Waals surface area contributed by atoms with Gasteiger partial charge in [0.1, 0.15) is 10.5 Å². The number of fused-ring (bicyclic) bond motifs is 1. The van der Waals surface area contributed by atoms with E-state index in [9.17, 15) is 4.79 Å². The van der Waals surface area contributed by atoms with E-state index in [1.807, 2.05) is 13.0 Å². The maximum absolute atomic E-state index is 12.5. The molecule has 0 radical (unpaired) electrons. The third-order valence-corrected chi connectivity index (χ3v) is 5.65. The van der Waals surface area contributed by atoms with Crippen LogP contribution in [0.3, 0.4) is 0 Å². The van der Waals surface area contributed by atoms with Gasteiger partial charge < -0.3 is 10.3 Å². The fourth-order valence-corrected chi connectivity index (χ4v) is 4.23. The van der Waals surface area contributed by atoms with E-state index >= 15 is 0 Å². The van der Waals surface area contributed by atoms with Crippen molar-refractivity contribution < 1.29 is 0 Å². The van der Waals surface area contributed by atoms with Crippen molar-refractivity contribution in [2.24, 2.45) is 5.92 Å². The Morgan fingerprint density at radius 1 is 1.39 bits per heavy atom. The van der Waals surface area contributed by atoms with Gasteiger partial charge in [0, 0.05) is 16.1 Å². The topological polar surface area (TPSA) is 86.5 Å². The number of hydrogen-bond donors (Lipinski definition) is 3. The van der Waals surface area contributed by atoms with Gasteiger partial charge in [0.25, 0.3) is 5.56 Å². The highest BCUT2D eigenvalue weighted by molar-refractivity contribution is 7.22. The van der Waals surface area contributed by atoms with E-state index in [1.54, 1.807) is 6.20 Å². The molecule has 2 unspecified atom stereocenters. The average Bonchev–Trinajstić information content (AvgIpc) is 3.13. The monoisotopic (exact) mass is 329 g/mol. The van der Waals surface area contributed by atoms with Crippen LogP contribution in [0.2, 0.25) is 0 Å². The lowest BCUT2D eigenvalue weighted by Crippen LogP contribution is -2.33. The Balaban J connectivity index is 1.78. The summed E-state index contributed by atoms with van der Waals surface area (Å²) < 4.78 is 0.674. The Hall–Kier alpha value is -1.99. The van der Waals surface area contributed by atoms with Crippen LogP contribution in [0.1, 0.15) is 37.3 Å². The number of thiophene rings is 1. The van der Waals surface area contributed by atoms with Crippen molar-refractivity contribution in [1.29, 1.82) is 0 Å². The fraction of sp³-hybridized carbons (Fsp3) is 0.438. The van der Waals surface area contributed by atoms with E-state index in [4.69, 9.17) is 4.98 Å². The molecule has 1 aliphatic heterocycles. The molecule has 0 aromatic carbocycles. The van der Waals surface area contributed by atoms with Crippen molar-refractivity contribution in [2.75, 3.05) is 6.54 Å². The first-order chi connectivity index (χ1) is 11.1. The third-order valence-electron chi connectivity index (χ3n) is 4.49. The predicted octanol–water partition coefficient (Wildman–Crippen LogP) is 2.74. The van der Waals surface area contributed by atoms with Crippen LogP contribution in [0, 0.1) is 12.8 Å². The van der Waals surface area contributed by atoms with Crippen LogP contribution >= 0.6 is 11.3 Å². The van der Waals surface area contributed by atoms with Crippen LogP contribution in [0.5, 0.6) is 0 Å². The van der Waals surface area contributed by atoms with Gasteiger partial charge in [-0.1, -0.05) is 6.92 Å². The summed E-state index contributed by atoms with van der Waals surface area (Å²) in [6.45, 7) is 5.19. The summed E-state index contributed by atoms with van der Waals surface area (Å²) >= 11 is 1.47. The molecule has 4 heterocycles. The Labute approximate surface area is 137 Å². The van der Waals surface area contributed by atoms with Crippen molar-refractivity contribution in [2.45, 2.75) is 32.7 Å². The van der Waals surface area contributed by atoms with Gasteiger partial charge in [0.2, 0.25) is 0 Å². The molecule has 3 N–H and O–H groups in total. The van der Waals surface area contributed by atoms with Crippen LogP contribution < -0.4 is 10.9 Å². The summed E-state index contributed by atoms with van der Waals surface area (Å²) in [6, 6.07) is 2.12. The largest absolute Gasteiger partial charge is 0.308 e. The summed E-state index contributed by atoms with van der Waals surface area (Å²) in [6.07, 6.45) is 3.97. The van der Waals surface area contributed by atoms with Gasteiger partial charge in [-0.25, -0.2) is 4.98 Å². The summed E-state index contributed by atoms with van der Waals surface area (Å²) in [5, 5.41) is 10.4. The Kier molecular flexibility index (Phi) is 3.54. The van der Waals surface area contributed by atoms with Gasteiger partial charge in [-0.3, -0.25) is 9.89 Å². The van der Waals surface area contributed by atoms with E-state index in [0.717, 1.165) is 40.4 Å². The maximum Gasteiger partial charge on any atom is 0.268 e.